The van der Waals surface area contributed by atoms with Crippen LogP contribution in [0.2, 0.25) is 0 Å². The number of hydrogen-bond donors (Lipinski definition) is 2. The Morgan fingerprint density at radius 1 is 1.21 bits per heavy atom. The van der Waals surface area contributed by atoms with Crippen molar-refractivity contribution in [2.45, 2.75) is 19.1 Å². The number of nitrogens with one attached hydrogen (secondary N) is 2. The van der Waals surface area contributed by atoms with Gasteiger partial charge in [0.25, 0.3) is 5.91 Å². The number of methoxy groups -OCH3 is 1. The Morgan fingerprint density at radius 3 is 2.66 bits per heavy atom. The Labute approximate surface area is 166 Å². The van der Waals surface area contributed by atoms with Crippen LogP contribution < -0.4 is 10.6 Å². The molecule has 7 nitrogen and oxygen atoms in total. The second-order valence-electron chi connectivity index (χ2n) is 6.65. The topological polar surface area (TPSA) is 85.2 Å². The van der Waals surface area contributed by atoms with Crippen molar-refractivity contribution in [3.05, 3.63) is 66.1 Å². The lowest BCUT2D eigenvalue weighted by molar-refractivity contribution is -0.123. The third kappa shape index (κ3) is 3.62. The third-order valence-corrected chi connectivity index (χ3v) is 4.69. The molecule has 1 aliphatic heterocycles. The molecule has 2 N–H and O–H groups in total. The van der Waals surface area contributed by atoms with E-state index in [9.17, 15) is 14.0 Å². The van der Waals surface area contributed by atoms with E-state index >= 15 is 0 Å². The zero-order valence-electron chi connectivity index (χ0n) is 15.7. The SMILES string of the molecule is COCc1nn2c(c1-c1ccccc1)NC(=O)[C@H]2CC(=O)Nc1ccccc1F. The fraction of sp³-hybridized carbons (Fsp3) is 0.190. The van der Waals surface area contributed by atoms with Crippen molar-refractivity contribution in [1.82, 2.24) is 9.78 Å². The highest BCUT2D eigenvalue weighted by Crippen LogP contribution is 2.38. The third-order valence-electron chi connectivity index (χ3n) is 4.69. The minimum atomic E-state index is -0.829. The first kappa shape index (κ1) is 18.8. The summed E-state index contributed by atoms with van der Waals surface area (Å²) in [6, 6.07) is 14.6. The molecule has 3 aromatic rings. The molecule has 0 bridgehead atoms. The number of nitrogens with zero attached hydrogens (tertiary/aromatic N) is 2. The van der Waals surface area contributed by atoms with E-state index in [2.05, 4.69) is 15.7 Å². The van der Waals surface area contributed by atoms with Gasteiger partial charge in [-0.15, -0.1) is 0 Å². The molecule has 2 heterocycles. The van der Waals surface area contributed by atoms with Gasteiger partial charge in [0, 0.05) is 12.7 Å². The normalized spacial score (nSPS) is 15.1. The number of benzene rings is 2. The lowest BCUT2D eigenvalue weighted by Crippen LogP contribution is -2.24. The summed E-state index contributed by atoms with van der Waals surface area (Å²) in [5.74, 6) is -0.826. The van der Waals surface area contributed by atoms with E-state index in [4.69, 9.17) is 4.74 Å². The Hall–Kier alpha value is -3.52. The second kappa shape index (κ2) is 7.84. The number of rotatable bonds is 6. The molecule has 0 spiro atoms. The highest BCUT2D eigenvalue weighted by molar-refractivity contribution is 6.04. The minimum absolute atomic E-state index is 0.0710. The van der Waals surface area contributed by atoms with Crippen LogP contribution in [0.4, 0.5) is 15.9 Å². The number of carbonyl (C=O) groups is 2. The number of ether oxygens (including phenoxy) is 1. The molecule has 29 heavy (non-hydrogen) atoms. The van der Waals surface area contributed by atoms with Gasteiger partial charge in [0.2, 0.25) is 5.91 Å². The number of amides is 2. The van der Waals surface area contributed by atoms with E-state index in [1.165, 1.54) is 22.9 Å². The van der Waals surface area contributed by atoms with Gasteiger partial charge in [-0.2, -0.15) is 5.10 Å². The molecular formula is C21H19FN4O3. The Balaban J connectivity index is 1.63. The fourth-order valence-corrected chi connectivity index (χ4v) is 3.40. The molecule has 8 heteroatoms. The van der Waals surface area contributed by atoms with Crippen LogP contribution in [0.15, 0.2) is 54.6 Å². The summed E-state index contributed by atoms with van der Waals surface area (Å²) >= 11 is 0. The van der Waals surface area contributed by atoms with Crippen molar-refractivity contribution in [3.8, 4) is 11.1 Å². The first-order valence-corrected chi connectivity index (χ1v) is 9.09. The highest BCUT2D eigenvalue weighted by Gasteiger charge is 2.37. The maximum atomic E-state index is 13.8. The van der Waals surface area contributed by atoms with Crippen molar-refractivity contribution in [2.24, 2.45) is 0 Å². The minimum Gasteiger partial charge on any atom is -0.378 e. The summed E-state index contributed by atoms with van der Waals surface area (Å²) < 4.78 is 20.5. The number of aromatic nitrogens is 2. The summed E-state index contributed by atoms with van der Waals surface area (Å²) in [5.41, 5.74) is 2.38. The van der Waals surface area contributed by atoms with Gasteiger partial charge in [0.1, 0.15) is 17.7 Å². The van der Waals surface area contributed by atoms with Crippen LogP contribution >= 0.6 is 0 Å². The lowest BCUT2D eigenvalue weighted by Gasteiger charge is -2.10. The molecule has 0 radical (unpaired) electrons. The zero-order valence-corrected chi connectivity index (χ0v) is 15.7. The average Bonchev–Trinajstić information content (AvgIpc) is 3.20. The molecule has 2 aromatic carbocycles. The first-order chi connectivity index (χ1) is 14.1. The van der Waals surface area contributed by atoms with Gasteiger partial charge in [-0.3, -0.25) is 9.59 Å². The molecule has 0 saturated carbocycles. The first-order valence-electron chi connectivity index (χ1n) is 9.09. The molecule has 1 aliphatic rings. The highest BCUT2D eigenvalue weighted by atomic mass is 19.1. The molecule has 4 rings (SSSR count). The van der Waals surface area contributed by atoms with Crippen LogP contribution in [0.1, 0.15) is 18.2 Å². The zero-order chi connectivity index (χ0) is 20.4. The summed E-state index contributed by atoms with van der Waals surface area (Å²) in [7, 11) is 1.57. The monoisotopic (exact) mass is 394 g/mol. The summed E-state index contributed by atoms with van der Waals surface area (Å²) in [6.45, 7) is 0.258. The van der Waals surface area contributed by atoms with E-state index in [-0.39, 0.29) is 24.6 Å². The van der Waals surface area contributed by atoms with Gasteiger partial charge in [-0.1, -0.05) is 42.5 Å². The number of anilines is 2. The van der Waals surface area contributed by atoms with Crippen molar-refractivity contribution < 1.29 is 18.7 Å². The molecule has 0 fully saturated rings. The fourth-order valence-electron chi connectivity index (χ4n) is 3.40. The molecular weight excluding hydrogens is 375 g/mol. The molecule has 0 saturated heterocycles. The summed E-state index contributed by atoms with van der Waals surface area (Å²) in [5, 5.41) is 9.85. The van der Waals surface area contributed by atoms with Crippen LogP contribution in [0.5, 0.6) is 0 Å². The number of hydrogen-bond acceptors (Lipinski definition) is 4. The van der Waals surface area contributed by atoms with Crippen molar-refractivity contribution in [3.63, 3.8) is 0 Å². The van der Waals surface area contributed by atoms with Crippen LogP contribution in [-0.2, 0) is 20.9 Å². The number of fused-ring (bicyclic) bond motifs is 1. The van der Waals surface area contributed by atoms with Crippen molar-refractivity contribution >= 4 is 23.3 Å². The van der Waals surface area contributed by atoms with Crippen LogP contribution in [0.3, 0.4) is 0 Å². The number of carbonyl (C=O) groups excluding carboxylic acids is 2. The second-order valence-corrected chi connectivity index (χ2v) is 6.65. The lowest BCUT2D eigenvalue weighted by atomic mass is 10.1. The van der Waals surface area contributed by atoms with E-state index in [1.54, 1.807) is 13.2 Å². The summed E-state index contributed by atoms with van der Waals surface area (Å²) in [6.07, 6.45) is -0.171. The maximum absolute atomic E-state index is 13.8. The molecule has 1 aromatic heterocycles. The van der Waals surface area contributed by atoms with Crippen LogP contribution in [0, 0.1) is 5.82 Å². The molecule has 148 valence electrons. The van der Waals surface area contributed by atoms with Gasteiger partial charge in [0.15, 0.2) is 0 Å². The van der Waals surface area contributed by atoms with Gasteiger partial charge in [-0.25, -0.2) is 9.07 Å². The Morgan fingerprint density at radius 2 is 1.93 bits per heavy atom. The molecule has 0 aliphatic carbocycles. The predicted molar refractivity (Wildman–Crippen MR) is 106 cm³/mol. The summed E-state index contributed by atoms with van der Waals surface area (Å²) in [4.78, 5) is 25.0. The molecule has 1 atom stereocenters. The van der Waals surface area contributed by atoms with E-state index in [1.807, 2.05) is 30.3 Å². The van der Waals surface area contributed by atoms with E-state index < -0.39 is 17.8 Å². The van der Waals surface area contributed by atoms with Crippen LogP contribution in [-0.4, -0.2) is 28.7 Å². The number of halogens is 1. The van der Waals surface area contributed by atoms with Gasteiger partial charge in [-0.05, 0) is 17.7 Å². The van der Waals surface area contributed by atoms with Gasteiger partial charge < -0.3 is 15.4 Å². The van der Waals surface area contributed by atoms with E-state index in [0.717, 1.165) is 11.1 Å². The quantitative estimate of drug-likeness (QED) is 0.671. The molecule has 2 amide bonds. The average molecular weight is 394 g/mol. The molecule has 0 unspecified atom stereocenters. The van der Waals surface area contributed by atoms with E-state index in [0.29, 0.717) is 11.5 Å². The van der Waals surface area contributed by atoms with Gasteiger partial charge >= 0.3 is 0 Å². The largest absolute Gasteiger partial charge is 0.378 e. The Bertz CT molecular complexity index is 1070. The standard InChI is InChI=1S/C21H19FN4O3/c1-29-12-16-19(13-7-3-2-4-8-13)20-24-21(28)17(26(20)25-16)11-18(27)23-15-10-6-5-9-14(15)22/h2-10,17H,11-12H2,1H3,(H,23,27)(H,24,28)/t17-/m1/s1. The predicted octanol–water partition coefficient (Wildman–Crippen LogP) is 3.36. The van der Waals surface area contributed by atoms with Gasteiger partial charge in [0.05, 0.1) is 24.4 Å². The van der Waals surface area contributed by atoms with Crippen molar-refractivity contribution in [2.75, 3.05) is 17.7 Å². The van der Waals surface area contributed by atoms with Crippen molar-refractivity contribution in [1.29, 1.82) is 0 Å². The number of para-hydroxylation sites is 1. The Kier molecular flexibility index (Phi) is 5.09. The van der Waals surface area contributed by atoms with Crippen LogP contribution in [0.25, 0.3) is 11.1 Å². The smallest absolute Gasteiger partial charge is 0.251 e. The maximum Gasteiger partial charge on any atom is 0.251 e.